The number of hydrogen-bond acceptors (Lipinski definition) is 4. The summed E-state index contributed by atoms with van der Waals surface area (Å²) in [5.41, 5.74) is 0.999. The summed E-state index contributed by atoms with van der Waals surface area (Å²) < 4.78 is 0. The molecule has 0 radical (unpaired) electrons. The third-order valence-corrected chi connectivity index (χ3v) is 3.43. The number of benzene rings is 1. The zero-order valence-electron chi connectivity index (χ0n) is 10.8. The minimum absolute atomic E-state index is 0.0892. The van der Waals surface area contributed by atoms with Crippen LogP contribution in [0.2, 0.25) is 5.02 Å². The van der Waals surface area contributed by atoms with Gasteiger partial charge in [-0.15, -0.1) is 0 Å². The molecule has 0 fully saturated rings. The average Bonchev–Trinajstić information content (AvgIpc) is 2.37. The SMILES string of the molecule is CC1=CCCN(c2c(Cl)cc([N+](=O)[O-])cc2C(=O)O)C1. The van der Waals surface area contributed by atoms with Crippen molar-refractivity contribution in [2.45, 2.75) is 13.3 Å². The minimum Gasteiger partial charge on any atom is -0.478 e. The van der Waals surface area contributed by atoms with Crippen LogP contribution in [0.25, 0.3) is 0 Å². The molecule has 0 saturated heterocycles. The lowest BCUT2D eigenvalue weighted by Crippen LogP contribution is -2.30. The highest BCUT2D eigenvalue weighted by Gasteiger charge is 2.24. The predicted molar refractivity (Wildman–Crippen MR) is 75.7 cm³/mol. The molecule has 0 unspecified atom stereocenters. The summed E-state index contributed by atoms with van der Waals surface area (Å²) in [6.45, 7) is 3.15. The molecule has 0 aromatic heterocycles. The third-order valence-electron chi connectivity index (χ3n) is 3.14. The quantitative estimate of drug-likeness (QED) is 0.526. The Kier molecular flexibility index (Phi) is 3.94. The number of nitrogens with zero attached hydrogens (tertiary/aromatic N) is 2. The lowest BCUT2D eigenvalue weighted by atomic mass is 10.1. The van der Waals surface area contributed by atoms with Gasteiger partial charge in [0.1, 0.15) is 0 Å². The molecule has 1 aromatic carbocycles. The summed E-state index contributed by atoms with van der Waals surface area (Å²) in [6, 6.07) is 2.24. The predicted octanol–water partition coefficient (Wildman–Crippen LogP) is 3.10. The van der Waals surface area contributed by atoms with E-state index in [1.807, 2.05) is 11.8 Å². The van der Waals surface area contributed by atoms with E-state index >= 15 is 0 Å². The van der Waals surface area contributed by atoms with Gasteiger partial charge in [-0.25, -0.2) is 4.79 Å². The van der Waals surface area contributed by atoms with Crippen molar-refractivity contribution in [3.8, 4) is 0 Å². The van der Waals surface area contributed by atoms with Crippen molar-refractivity contribution in [1.82, 2.24) is 0 Å². The van der Waals surface area contributed by atoms with E-state index in [9.17, 15) is 20.0 Å². The molecule has 0 aliphatic carbocycles. The van der Waals surface area contributed by atoms with E-state index in [4.69, 9.17) is 11.6 Å². The Morgan fingerprint density at radius 2 is 2.20 bits per heavy atom. The zero-order valence-corrected chi connectivity index (χ0v) is 11.6. The van der Waals surface area contributed by atoms with E-state index in [-0.39, 0.29) is 16.3 Å². The van der Waals surface area contributed by atoms with Gasteiger partial charge in [-0.2, -0.15) is 0 Å². The van der Waals surface area contributed by atoms with Crippen LogP contribution in [0.4, 0.5) is 11.4 Å². The molecule has 1 aliphatic rings. The Bertz CT molecular complexity index is 613. The summed E-state index contributed by atoms with van der Waals surface area (Å²) in [7, 11) is 0. The number of aromatic carboxylic acids is 1. The Morgan fingerprint density at radius 1 is 1.50 bits per heavy atom. The van der Waals surface area contributed by atoms with E-state index in [0.717, 1.165) is 18.1 Å². The summed E-state index contributed by atoms with van der Waals surface area (Å²) in [6.07, 6.45) is 2.87. The number of halogens is 1. The van der Waals surface area contributed by atoms with Gasteiger partial charge in [0.15, 0.2) is 0 Å². The second kappa shape index (κ2) is 5.50. The molecule has 0 atom stereocenters. The van der Waals surface area contributed by atoms with Gasteiger partial charge in [0.05, 0.1) is 21.2 Å². The van der Waals surface area contributed by atoms with Gasteiger partial charge in [-0.1, -0.05) is 23.3 Å². The van der Waals surface area contributed by atoms with Crippen LogP contribution in [0.1, 0.15) is 23.7 Å². The maximum Gasteiger partial charge on any atom is 0.338 e. The minimum atomic E-state index is -1.22. The summed E-state index contributed by atoms with van der Waals surface area (Å²) in [5.74, 6) is -1.22. The average molecular weight is 297 g/mol. The van der Waals surface area contributed by atoms with E-state index in [1.54, 1.807) is 0 Å². The maximum atomic E-state index is 11.4. The Hall–Kier alpha value is -2.08. The summed E-state index contributed by atoms with van der Waals surface area (Å²) >= 11 is 6.07. The summed E-state index contributed by atoms with van der Waals surface area (Å²) in [5, 5.41) is 20.2. The van der Waals surface area contributed by atoms with Gasteiger partial charge in [-0.3, -0.25) is 10.1 Å². The maximum absolute atomic E-state index is 11.4. The molecule has 0 amide bonds. The van der Waals surface area contributed by atoms with Crippen LogP contribution in [0.3, 0.4) is 0 Å². The van der Waals surface area contributed by atoms with Crippen LogP contribution in [0, 0.1) is 10.1 Å². The number of nitro benzene ring substituents is 1. The Labute approximate surface area is 120 Å². The van der Waals surface area contributed by atoms with Gasteiger partial charge in [0.2, 0.25) is 0 Å². The molecular weight excluding hydrogens is 284 g/mol. The van der Waals surface area contributed by atoms with Gasteiger partial charge in [0.25, 0.3) is 5.69 Å². The zero-order chi connectivity index (χ0) is 14.9. The largest absolute Gasteiger partial charge is 0.478 e. The van der Waals surface area contributed by atoms with Crippen molar-refractivity contribution in [3.05, 3.63) is 44.5 Å². The molecule has 20 heavy (non-hydrogen) atoms. The number of anilines is 1. The van der Waals surface area contributed by atoms with Gasteiger partial charge >= 0.3 is 5.97 Å². The first kappa shape index (κ1) is 14.3. The number of non-ortho nitro benzene ring substituents is 1. The lowest BCUT2D eigenvalue weighted by molar-refractivity contribution is -0.384. The fourth-order valence-corrected chi connectivity index (χ4v) is 2.61. The van der Waals surface area contributed by atoms with Crippen molar-refractivity contribution in [2.75, 3.05) is 18.0 Å². The molecule has 1 aliphatic heterocycles. The van der Waals surface area contributed by atoms with Gasteiger partial charge in [-0.05, 0) is 13.3 Å². The Balaban J connectivity index is 2.54. The van der Waals surface area contributed by atoms with Crippen molar-refractivity contribution < 1.29 is 14.8 Å². The van der Waals surface area contributed by atoms with Crippen molar-refractivity contribution in [1.29, 1.82) is 0 Å². The molecule has 106 valence electrons. The second-order valence-corrected chi connectivity index (χ2v) is 5.05. The molecule has 7 heteroatoms. The molecule has 6 nitrogen and oxygen atoms in total. The van der Waals surface area contributed by atoms with E-state index < -0.39 is 10.9 Å². The number of nitro groups is 1. The number of carboxylic acid groups (broad SMARTS) is 1. The van der Waals surface area contributed by atoms with Crippen LogP contribution in [0.15, 0.2) is 23.8 Å². The highest BCUT2D eigenvalue weighted by molar-refractivity contribution is 6.34. The fraction of sp³-hybridized carbons (Fsp3) is 0.308. The first-order valence-electron chi connectivity index (χ1n) is 6.02. The van der Waals surface area contributed by atoms with Crippen LogP contribution >= 0.6 is 11.6 Å². The van der Waals surface area contributed by atoms with Gasteiger partial charge < -0.3 is 10.0 Å². The molecule has 1 N–H and O–H groups in total. The normalized spacial score (nSPS) is 14.9. The topological polar surface area (TPSA) is 83.7 Å². The summed E-state index contributed by atoms with van der Waals surface area (Å²) in [4.78, 5) is 23.3. The number of carbonyl (C=O) groups is 1. The molecule has 0 saturated carbocycles. The molecule has 2 rings (SSSR count). The number of hydrogen-bond donors (Lipinski definition) is 1. The van der Waals surface area contributed by atoms with Crippen LogP contribution < -0.4 is 4.90 Å². The molecule has 1 heterocycles. The monoisotopic (exact) mass is 296 g/mol. The Morgan fingerprint density at radius 3 is 2.75 bits per heavy atom. The van der Waals surface area contributed by atoms with Crippen molar-refractivity contribution in [3.63, 3.8) is 0 Å². The fourth-order valence-electron chi connectivity index (χ4n) is 2.28. The first-order valence-corrected chi connectivity index (χ1v) is 6.39. The molecule has 0 spiro atoms. The van der Waals surface area contributed by atoms with Gasteiger partial charge in [0, 0.05) is 25.2 Å². The van der Waals surface area contributed by atoms with Crippen LogP contribution in [-0.4, -0.2) is 29.1 Å². The molecule has 0 bridgehead atoms. The second-order valence-electron chi connectivity index (χ2n) is 4.65. The smallest absolute Gasteiger partial charge is 0.338 e. The third kappa shape index (κ3) is 2.75. The lowest BCUT2D eigenvalue weighted by Gasteiger charge is -2.30. The number of rotatable bonds is 3. The van der Waals surface area contributed by atoms with E-state index in [2.05, 4.69) is 6.08 Å². The molecular formula is C13H13ClN2O4. The van der Waals surface area contributed by atoms with Crippen LogP contribution in [0.5, 0.6) is 0 Å². The number of carboxylic acids is 1. The standard InChI is InChI=1S/C13H13ClN2O4/c1-8-3-2-4-15(7-8)12-10(13(17)18)5-9(16(19)20)6-11(12)14/h3,5-6H,2,4,7H2,1H3,(H,17,18). The molecule has 1 aromatic rings. The van der Waals surface area contributed by atoms with Crippen LogP contribution in [-0.2, 0) is 0 Å². The van der Waals surface area contributed by atoms with E-state index in [1.165, 1.54) is 6.07 Å². The van der Waals surface area contributed by atoms with Crippen molar-refractivity contribution >= 4 is 28.9 Å². The first-order chi connectivity index (χ1) is 9.40. The highest BCUT2D eigenvalue weighted by Crippen LogP contribution is 2.35. The van der Waals surface area contributed by atoms with Crippen molar-refractivity contribution in [2.24, 2.45) is 0 Å². The van der Waals surface area contributed by atoms with E-state index in [0.29, 0.717) is 18.8 Å². The highest BCUT2D eigenvalue weighted by atomic mass is 35.5.